The number of nitrogens with one attached hydrogen (secondary N) is 1. The Bertz CT molecular complexity index is 1670. The minimum absolute atomic E-state index is 0.193. The van der Waals surface area contributed by atoms with Crippen molar-refractivity contribution in [3.8, 4) is 5.69 Å². The average Bonchev–Trinajstić information content (AvgIpc) is 3.11. The van der Waals surface area contributed by atoms with Crippen LogP contribution in [0.1, 0.15) is 36.9 Å². The van der Waals surface area contributed by atoms with Gasteiger partial charge in [0.2, 0.25) is 0 Å². The maximum Gasteiger partial charge on any atom is 0.338 e. The van der Waals surface area contributed by atoms with Gasteiger partial charge in [0, 0.05) is 12.7 Å². The third kappa shape index (κ3) is 4.25. The maximum absolute atomic E-state index is 13.0. The van der Waals surface area contributed by atoms with Crippen LogP contribution in [0.3, 0.4) is 0 Å². The van der Waals surface area contributed by atoms with Gasteiger partial charge in [-0.1, -0.05) is 12.1 Å². The summed E-state index contributed by atoms with van der Waals surface area (Å²) in [5.74, 6) is -1.70. The molecule has 0 bridgehead atoms. The summed E-state index contributed by atoms with van der Waals surface area (Å²) in [5.41, 5.74) is 1.86. The van der Waals surface area contributed by atoms with E-state index in [2.05, 4.69) is 10.3 Å². The number of hydrogen-bond donors (Lipinski definition) is 1. The number of para-hydroxylation sites is 1. The van der Waals surface area contributed by atoms with E-state index in [1.54, 1.807) is 37.3 Å². The molecular formula is C27H20N4O6. The van der Waals surface area contributed by atoms with E-state index in [1.165, 1.54) is 41.9 Å². The number of esters is 1. The Morgan fingerprint density at radius 1 is 0.919 bits per heavy atom. The van der Waals surface area contributed by atoms with Gasteiger partial charge in [0.25, 0.3) is 23.3 Å². The van der Waals surface area contributed by atoms with Crippen LogP contribution in [0.15, 0.2) is 71.5 Å². The molecule has 0 fully saturated rings. The van der Waals surface area contributed by atoms with Crippen LogP contribution >= 0.6 is 0 Å². The maximum atomic E-state index is 13.0. The number of anilines is 1. The van der Waals surface area contributed by atoms with Crippen LogP contribution in [0.2, 0.25) is 0 Å². The number of aromatic nitrogens is 2. The zero-order valence-electron chi connectivity index (χ0n) is 19.8. The molecule has 0 saturated carbocycles. The summed E-state index contributed by atoms with van der Waals surface area (Å²) in [5, 5.41) is 3.02. The largest absolute Gasteiger partial charge is 0.452 e. The number of imide groups is 1. The van der Waals surface area contributed by atoms with E-state index in [9.17, 15) is 24.0 Å². The van der Waals surface area contributed by atoms with Gasteiger partial charge in [-0.3, -0.25) is 28.6 Å². The fourth-order valence-corrected chi connectivity index (χ4v) is 4.14. The second kappa shape index (κ2) is 9.15. The molecule has 10 heteroatoms. The first-order valence-corrected chi connectivity index (χ1v) is 11.3. The Morgan fingerprint density at radius 3 is 2.38 bits per heavy atom. The Labute approximate surface area is 210 Å². The second-order valence-electron chi connectivity index (χ2n) is 8.42. The number of aryl methyl sites for hydroxylation is 1. The van der Waals surface area contributed by atoms with E-state index >= 15 is 0 Å². The number of fused-ring (bicyclic) bond motifs is 2. The fourth-order valence-electron chi connectivity index (χ4n) is 4.14. The van der Waals surface area contributed by atoms with Crippen LogP contribution in [0, 0.1) is 6.92 Å². The van der Waals surface area contributed by atoms with Crippen molar-refractivity contribution in [3.63, 3.8) is 0 Å². The molecule has 0 unspecified atom stereocenters. The van der Waals surface area contributed by atoms with Crippen LogP contribution < -0.4 is 10.9 Å². The zero-order chi connectivity index (χ0) is 26.3. The van der Waals surface area contributed by atoms with Gasteiger partial charge in [-0.2, -0.15) is 0 Å². The molecule has 0 saturated heterocycles. The first-order valence-electron chi connectivity index (χ1n) is 11.3. The van der Waals surface area contributed by atoms with Crippen molar-refractivity contribution in [2.75, 3.05) is 19.0 Å². The van der Waals surface area contributed by atoms with E-state index < -0.39 is 30.3 Å². The molecule has 184 valence electrons. The van der Waals surface area contributed by atoms with Crippen molar-refractivity contribution < 1.29 is 23.9 Å². The van der Waals surface area contributed by atoms with Crippen LogP contribution in [0.25, 0.3) is 16.6 Å². The molecular weight excluding hydrogens is 476 g/mol. The van der Waals surface area contributed by atoms with Crippen LogP contribution in [-0.2, 0) is 9.53 Å². The molecule has 5 rings (SSSR count). The normalized spacial score (nSPS) is 12.5. The van der Waals surface area contributed by atoms with Gasteiger partial charge in [0.05, 0.1) is 33.3 Å². The Morgan fingerprint density at radius 2 is 1.62 bits per heavy atom. The lowest BCUT2D eigenvalue weighted by molar-refractivity contribution is -0.119. The molecule has 3 aromatic carbocycles. The highest BCUT2D eigenvalue weighted by Crippen LogP contribution is 2.24. The number of benzene rings is 3. The van der Waals surface area contributed by atoms with E-state index in [4.69, 9.17) is 4.74 Å². The van der Waals surface area contributed by atoms with Gasteiger partial charge in [-0.05, 0) is 61.5 Å². The third-order valence-electron chi connectivity index (χ3n) is 6.01. The molecule has 0 aliphatic carbocycles. The van der Waals surface area contributed by atoms with Crippen molar-refractivity contribution in [2.45, 2.75) is 6.92 Å². The van der Waals surface area contributed by atoms with Crippen LogP contribution in [0.4, 0.5) is 5.69 Å². The smallest absolute Gasteiger partial charge is 0.338 e. The van der Waals surface area contributed by atoms with E-state index in [-0.39, 0.29) is 22.2 Å². The predicted octanol–water partition coefficient (Wildman–Crippen LogP) is 2.72. The van der Waals surface area contributed by atoms with Crippen molar-refractivity contribution in [1.29, 1.82) is 0 Å². The third-order valence-corrected chi connectivity index (χ3v) is 6.01. The quantitative estimate of drug-likeness (QED) is 0.332. The summed E-state index contributed by atoms with van der Waals surface area (Å²) >= 11 is 0. The van der Waals surface area contributed by atoms with Crippen molar-refractivity contribution in [2.24, 2.45) is 0 Å². The molecule has 2 heterocycles. The molecule has 0 atom stereocenters. The van der Waals surface area contributed by atoms with Gasteiger partial charge in [0.15, 0.2) is 6.61 Å². The zero-order valence-corrected chi connectivity index (χ0v) is 19.8. The summed E-state index contributed by atoms with van der Waals surface area (Å²) in [4.78, 5) is 67.3. The van der Waals surface area contributed by atoms with E-state index in [0.29, 0.717) is 28.1 Å². The Balaban J connectivity index is 1.24. The monoisotopic (exact) mass is 496 g/mol. The number of amides is 3. The van der Waals surface area contributed by atoms with Crippen molar-refractivity contribution in [3.05, 3.63) is 99.6 Å². The number of hydrogen-bond acceptors (Lipinski definition) is 7. The highest BCUT2D eigenvalue weighted by molar-refractivity contribution is 6.21. The summed E-state index contributed by atoms with van der Waals surface area (Å²) in [6.45, 7) is 1.17. The average molecular weight is 496 g/mol. The molecule has 1 aliphatic rings. The molecule has 3 amide bonds. The minimum atomic E-state index is -0.723. The topological polar surface area (TPSA) is 128 Å². The number of ether oxygens (including phenoxy) is 1. The number of carbonyl (C=O) groups excluding carboxylic acids is 4. The summed E-state index contributed by atoms with van der Waals surface area (Å²) < 4.78 is 6.56. The molecule has 37 heavy (non-hydrogen) atoms. The highest BCUT2D eigenvalue weighted by Gasteiger charge is 2.32. The lowest BCUT2D eigenvalue weighted by Crippen LogP contribution is -2.24. The minimum Gasteiger partial charge on any atom is -0.452 e. The van der Waals surface area contributed by atoms with Gasteiger partial charge in [0.1, 0.15) is 5.82 Å². The van der Waals surface area contributed by atoms with Gasteiger partial charge < -0.3 is 10.1 Å². The fraction of sp³-hybridized carbons (Fsp3) is 0.111. The predicted molar refractivity (Wildman–Crippen MR) is 134 cm³/mol. The summed E-state index contributed by atoms with van der Waals surface area (Å²) in [6, 6.07) is 17.6. The standard InChI is InChI=1S/C27H20N4O6/c1-15-28-22-6-4-3-5-20(22)26(35)31(15)18-10-7-16(8-11-18)27(36)37-14-23(32)29-17-9-12-19-21(13-17)25(34)30(2)24(19)33/h3-13H,14H2,1-2H3,(H,29,32). The van der Waals surface area contributed by atoms with Gasteiger partial charge in [-0.15, -0.1) is 0 Å². The summed E-state index contributed by atoms with van der Waals surface area (Å²) in [6.07, 6.45) is 0. The first-order chi connectivity index (χ1) is 17.7. The summed E-state index contributed by atoms with van der Waals surface area (Å²) in [7, 11) is 1.38. The molecule has 1 aromatic heterocycles. The lowest BCUT2D eigenvalue weighted by Gasteiger charge is -2.11. The second-order valence-corrected chi connectivity index (χ2v) is 8.42. The molecule has 10 nitrogen and oxygen atoms in total. The highest BCUT2D eigenvalue weighted by atomic mass is 16.5. The molecule has 1 N–H and O–H groups in total. The molecule has 1 aliphatic heterocycles. The van der Waals surface area contributed by atoms with Crippen LogP contribution in [0.5, 0.6) is 0 Å². The Hall–Kier alpha value is -5.12. The van der Waals surface area contributed by atoms with Crippen molar-refractivity contribution in [1.82, 2.24) is 14.5 Å². The molecule has 0 spiro atoms. The molecule has 4 aromatic rings. The van der Waals surface area contributed by atoms with E-state index in [1.807, 2.05) is 6.07 Å². The SMILES string of the molecule is Cc1nc2ccccc2c(=O)n1-c1ccc(C(=O)OCC(=O)Nc2ccc3c(c2)C(=O)N(C)C3=O)cc1. The lowest BCUT2D eigenvalue weighted by atomic mass is 10.1. The number of nitrogens with zero attached hydrogens (tertiary/aromatic N) is 3. The number of rotatable bonds is 5. The van der Waals surface area contributed by atoms with Crippen molar-refractivity contribution >= 4 is 40.3 Å². The van der Waals surface area contributed by atoms with Gasteiger partial charge >= 0.3 is 5.97 Å². The first kappa shape index (κ1) is 23.6. The number of carbonyl (C=O) groups is 4. The van der Waals surface area contributed by atoms with E-state index in [0.717, 1.165) is 4.90 Å². The van der Waals surface area contributed by atoms with Gasteiger partial charge in [-0.25, -0.2) is 9.78 Å². The Kier molecular flexibility index (Phi) is 5.84. The van der Waals surface area contributed by atoms with Crippen LogP contribution in [-0.4, -0.2) is 51.8 Å². The molecule has 0 radical (unpaired) electrons.